The average molecular weight is 300 g/mol. The summed E-state index contributed by atoms with van der Waals surface area (Å²) in [7, 11) is 0. The van der Waals surface area contributed by atoms with Gasteiger partial charge in [-0.25, -0.2) is 9.67 Å². The molecule has 0 amide bonds. The Bertz CT molecular complexity index is 644. The van der Waals surface area contributed by atoms with Crippen LogP contribution in [0.1, 0.15) is 32.2 Å². The monoisotopic (exact) mass is 300 g/mol. The minimum Gasteiger partial charge on any atom is -0.454 e. The molecular weight excluding hydrogens is 280 g/mol. The second-order valence-electron chi connectivity index (χ2n) is 6.18. The molecule has 6 heteroatoms. The van der Waals surface area contributed by atoms with Crippen molar-refractivity contribution in [3.8, 4) is 11.5 Å². The average Bonchev–Trinajstić information content (AvgIpc) is 3.19. The van der Waals surface area contributed by atoms with Crippen LogP contribution in [0.3, 0.4) is 0 Å². The molecule has 1 aliphatic carbocycles. The van der Waals surface area contributed by atoms with E-state index in [0.29, 0.717) is 24.8 Å². The van der Waals surface area contributed by atoms with Gasteiger partial charge in [0.2, 0.25) is 6.79 Å². The van der Waals surface area contributed by atoms with Gasteiger partial charge in [0.15, 0.2) is 11.5 Å². The van der Waals surface area contributed by atoms with Gasteiger partial charge >= 0.3 is 0 Å². The van der Waals surface area contributed by atoms with Crippen LogP contribution in [0.5, 0.6) is 11.5 Å². The summed E-state index contributed by atoms with van der Waals surface area (Å²) in [4.78, 5) is 4.10. The largest absolute Gasteiger partial charge is 0.454 e. The number of benzene rings is 1. The minimum absolute atomic E-state index is 0.307. The third kappa shape index (κ3) is 2.49. The van der Waals surface area contributed by atoms with E-state index in [1.54, 1.807) is 6.33 Å². The number of nitrogens with zero attached hydrogens (tertiary/aromatic N) is 3. The lowest BCUT2D eigenvalue weighted by atomic mass is 9.83. The van der Waals surface area contributed by atoms with Gasteiger partial charge in [-0.2, -0.15) is 5.10 Å². The van der Waals surface area contributed by atoms with E-state index in [0.717, 1.165) is 30.0 Å². The van der Waals surface area contributed by atoms with Gasteiger partial charge in [-0.3, -0.25) is 0 Å². The Kier molecular flexibility index (Phi) is 3.36. The smallest absolute Gasteiger partial charge is 0.231 e. The van der Waals surface area contributed by atoms with E-state index in [1.807, 2.05) is 29.2 Å². The molecule has 2 aliphatic rings. The van der Waals surface area contributed by atoms with Crippen LogP contribution in [0.4, 0.5) is 5.69 Å². The van der Waals surface area contributed by atoms with Crippen molar-refractivity contribution in [2.75, 3.05) is 12.1 Å². The normalized spacial score (nSPS) is 26.9. The summed E-state index contributed by atoms with van der Waals surface area (Å²) < 4.78 is 12.8. The number of rotatable bonds is 3. The number of fused-ring (bicyclic) bond motifs is 1. The van der Waals surface area contributed by atoms with E-state index >= 15 is 0 Å². The Morgan fingerprint density at radius 3 is 3.00 bits per heavy atom. The molecule has 0 saturated heterocycles. The SMILES string of the molecule is CC1CCC(Nc2ccc3c(c2)OCO3)C(n2cncn2)C1. The van der Waals surface area contributed by atoms with Crippen LogP contribution in [0.25, 0.3) is 0 Å². The minimum atomic E-state index is 0.307. The molecule has 2 aromatic rings. The van der Waals surface area contributed by atoms with Gasteiger partial charge in [-0.15, -0.1) is 0 Å². The number of nitrogens with one attached hydrogen (secondary N) is 1. The van der Waals surface area contributed by atoms with E-state index in [2.05, 4.69) is 22.3 Å². The number of hydrogen-bond donors (Lipinski definition) is 1. The van der Waals surface area contributed by atoms with Crippen molar-refractivity contribution in [3.05, 3.63) is 30.9 Å². The second kappa shape index (κ2) is 5.51. The number of aromatic nitrogens is 3. The molecule has 1 fully saturated rings. The van der Waals surface area contributed by atoms with Crippen LogP contribution in [-0.4, -0.2) is 27.6 Å². The molecule has 116 valence electrons. The maximum absolute atomic E-state index is 5.45. The van der Waals surface area contributed by atoms with Gasteiger partial charge in [0.1, 0.15) is 12.7 Å². The fraction of sp³-hybridized carbons (Fsp3) is 0.500. The summed E-state index contributed by atoms with van der Waals surface area (Å²) in [5, 5.41) is 7.99. The molecule has 1 aromatic heterocycles. The molecule has 0 spiro atoms. The van der Waals surface area contributed by atoms with Gasteiger partial charge in [0, 0.05) is 17.8 Å². The Morgan fingerprint density at radius 1 is 1.23 bits per heavy atom. The van der Waals surface area contributed by atoms with Crippen LogP contribution < -0.4 is 14.8 Å². The zero-order valence-electron chi connectivity index (χ0n) is 12.6. The molecule has 1 saturated carbocycles. The lowest BCUT2D eigenvalue weighted by Crippen LogP contribution is -2.36. The van der Waals surface area contributed by atoms with Gasteiger partial charge in [-0.05, 0) is 37.3 Å². The molecule has 0 radical (unpaired) electrons. The first-order valence-corrected chi connectivity index (χ1v) is 7.80. The van der Waals surface area contributed by atoms with Crippen LogP contribution >= 0.6 is 0 Å². The highest BCUT2D eigenvalue weighted by Crippen LogP contribution is 2.37. The molecule has 1 aliphatic heterocycles. The van der Waals surface area contributed by atoms with E-state index in [1.165, 1.54) is 6.42 Å². The lowest BCUT2D eigenvalue weighted by Gasteiger charge is -2.35. The predicted molar refractivity (Wildman–Crippen MR) is 82.0 cm³/mol. The molecule has 3 unspecified atom stereocenters. The maximum atomic E-state index is 5.45. The van der Waals surface area contributed by atoms with E-state index in [-0.39, 0.29) is 0 Å². The highest BCUT2D eigenvalue weighted by Gasteiger charge is 2.30. The van der Waals surface area contributed by atoms with E-state index in [4.69, 9.17) is 9.47 Å². The Balaban J connectivity index is 1.55. The molecule has 1 aromatic carbocycles. The molecule has 1 N–H and O–H groups in total. The number of ether oxygens (including phenoxy) is 2. The summed E-state index contributed by atoms with van der Waals surface area (Å²) >= 11 is 0. The zero-order valence-corrected chi connectivity index (χ0v) is 12.6. The summed E-state index contributed by atoms with van der Waals surface area (Å²) in [6, 6.07) is 6.69. The number of hydrogen-bond acceptors (Lipinski definition) is 5. The maximum Gasteiger partial charge on any atom is 0.231 e. The Morgan fingerprint density at radius 2 is 2.14 bits per heavy atom. The summed E-state index contributed by atoms with van der Waals surface area (Å²) in [5.74, 6) is 2.34. The first-order chi connectivity index (χ1) is 10.8. The van der Waals surface area contributed by atoms with Crippen LogP contribution in [-0.2, 0) is 0 Å². The Hall–Kier alpha value is -2.24. The first kappa shape index (κ1) is 13.4. The lowest BCUT2D eigenvalue weighted by molar-refractivity contribution is 0.174. The highest BCUT2D eigenvalue weighted by atomic mass is 16.7. The van der Waals surface area contributed by atoms with Crippen molar-refractivity contribution >= 4 is 5.69 Å². The van der Waals surface area contributed by atoms with Crippen molar-refractivity contribution in [1.29, 1.82) is 0 Å². The van der Waals surface area contributed by atoms with Crippen molar-refractivity contribution < 1.29 is 9.47 Å². The predicted octanol–water partition coefficient (Wildman–Crippen LogP) is 2.85. The van der Waals surface area contributed by atoms with Crippen LogP contribution in [0.15, 0.2) is 30.9 Å². The van der Waals surface area contributed by atoms with Gasteiger partial charge in [-0.1, -0.05) is 6.92 Å². The molecule has 3 atom stereocenters. The first-order valence-electron chi connectivity index (χ1n) is 7.80. The fourth-order valence-corrected chi connectivity index (χ4v) is 3.40. The van der Waals surface area contributed by atoms with Crippen molar-refractivity contribution in [3.63, 3.8) is 0 Å². The zero-order chi connectivity index (χ0) is 14.9. The third-order valence-electron chi connectivity index (χ3n) is 4.58. The topological polar surface area (TPSA) is 61.2 Å². The molecular formula is C16H20N4O2. The summed E-state index contributed by atoms with van der Waals surface area (Å²) in [6.45, 7) is 2.61. The fourth-order valence-electron chi connectivity index (χ4n) is 3.40. The van der Waals surface area contributed by atoms with E-state index < -0.39 is 0 Å². The van der Waals surface area contributed by atoms with Gasteiger partial charge < -0.3 is 14.8 Å². The molecule has 2 heterocycles. The quantitative estimate of drug-likeness (QED) is 0.944. The molecule has 22 heavy (non-hydrogen) atoms. The second-order valence-corrected chi connectivity index (χ2v) is 6.18. The van der Waals surface area contributed by atoms with E-state index in [9.17, 15) is 0 Å². The van der Waals surface area contributed by atoms with Crippen molar-refractivity contribution in [2.24, 2.45) is 5.92 Å². The third-order valence-corrected chi connectivity index (χ3v) is 4.58. The van der Waals surface area contributed by atoms with Crippen LogP contribution in [0.2, 0.25) is 0 Å². The molecule has 6 nitrogen and oxygen atoms in total. The van der Waals surface area contributed by atoms with Crippen molar-refractivity contribution in [1.82, 2.24) is 14.8 Å². The number of anilines is 1. The van der Waals surface area contributed by atoms with Gasteiger partial charge in [0.25, 0.3) is 0 Å². The Labute approximate surface area is 129 Å². The standard InChI is InChI=1S/C16H20N4O2/c1-11-2-4-13(14(6-11)20-9-17-8-18-20)19-12-3-5-15-16(7-12)22-10-21-15/h3,5,7-9,11,13-14,19H,2,4,6,10H2,1H3. The molecule has 0 bridgehead atoms. The summed E-state index contributed by atoms with van der Waals surface area (Å²) in [5.41, 5.74) is 1.06. The highest BCUT2D eigenvalue weighted by molar-refractivity contribution is 5.56. The van der Waals surface area contributed by atoms with Crippen molar-refractivity contribution in [2.45, 2.75) is 38.3 Å². The van der Waals surface area contributed by atoms with Gasteiger partial charge in [0.05, 0.1) is 6.04 Å². The summed E-state index contributed by atoms with van der Waals surface area (Å²) in [6.07, 6.45) is 6.90. The van der Waals surface area contributed by atoms with Crippen LogP contribution in [0, 0.1) is 5.92 Å². The molecule has 4 rings (SSSR count).